The summed E-state index contributed by atoms with van der Waals surface area (Å²) in [7, 11) is 0. The quantitative estimate of drug-likeness (QED) is 0.610. The normalized spacial score (nSPS) is 14.4. The van der Waals surface area contributed by atoms with Gasteiger partial charge in [0.2, 0.25) is 5.82 Å². The van der Waals surface area contributed by atoms with Gasteiger partial charge in [0.05, 0.1) is 11.5 Å². The maximum Gasteiger partial charge on any atom is 0.372 e. The first-order valence-electron chi connectivity index (χ1n) is 6.98. The summed E-state index contributed by atoms with van der Waals surface area (Å²) in [4.78, 5) is 19.4. The molecule has 7 heteroatoms. The first-order chi connectivity index (χ1) is 9.52. The highest BCUT2D eigenvalue weighted by molar-refractivity contribution is 5.62. The molecule has 0 saturated heterocycles. The van der Waals surface area contributed by atoms with E-state index in [1.807, 2.05) is 20.8 Å². The highest BCUT2D eigenvalue weighted by Gasteiger charge is 2.33. The zero-order chi connectivity index (χ0) is 14.7. The van der Waals surface area contributed by atoms with Crippen LogP contribution in [0.25, 0.3) is 0 Å². The fourth-order valence-electron chi connectivity index (χ4n) is 1.81. The number of hydrogen-bond donors (Lipinski definition) is 1. The van der Waals surface area contributed by atoms with E-state index in [4.69, 9.17) is 4.74 Å². The molecule has 1 aromatic rings. The summed E-state index contributed by atoms with van der Waals surface area (Å²) in [6.45, 7) is 6.18. The van der Waals surface area contributed by atoms with Crippen molar-refractivity contribution in [3.8, 4) is 5.88 Å². The molecule has 1 saturated carbocycles. The molecule has 20 heavy (non-hydrogen) atoms. The molecule has 110 valence electrons. The molecule has 1 aliphatic rings. The summed E-state index contributed by atoms with van der Waals surface area (Å²) in [6.07, 6.45) is 2.84. The molecular weight excluding hydrogens is 260 g/mol. The van der Waals surface area contributed by atoms with Crippen LogP contribution in [0.15, 0.2) is 0 Å². The molecule has 7 nitrogen and oxygen atoms in total. The number of anilines is 1. The fraction of sp³-hybridized carbons (Fsp3) is 0.692. The predicted octanol–water partition coefficient (Wildman–Crippen LogP) is 2.87. The van der Waals surface area contributed by atoms with Crippen molar-refractivity contribution >= 4 is 11.5 Å². The van der Waals surface area contributed by atoms with Crippen LogP contribution >= 0.6 is 0 Å². The third-order valence-corrected chi connectivity index (χ3v) is 2.86. The molecule has 1 fully saturated rings. The molecular formula is C13H20N4O3. The second kappa shape index (κ2) is 6.02. The standard InChI is InChI=1S/C13H20N4O3/c1-4-7-20-13-10(17(18)19)12(14-8(2)3)15-11(16-13)9-5-6-9/h8-9H,4-7H2,1-3H3,(H,14,15,16). The van der Waals surface area contributed by atoms with Crippen molar-refractivity contribution in [1.29, 1.82) is 0 Å². The lowest BCUT2D eigenvalue weighted by Crippen LogP contribution is -2.15. The molecule has 0 bridgehead atoms. The summed E-state index contributed by atoms with van der Waals surface area (Å²) in [5.74, 6) is 1.29. The topological polar surface area (TPSA) is 90.2 Å². The highest BCUT2D eigenvalue weighted by Crippen LogP contribution is 2.42. The van der Waals surface area contributed by atoms with Crippen molar-refractivity contribution in [3.05, 3.63) is 15.9 Å². The Kier molecular flexibility index (Phi) is 4.36. The molecule has 1 aliphatic carbocycles. The second-order valence-corrected chi connectivity index (χ2v) is 5.26. The van der Waals surface area contributed by atoms with Crippen molar-refractivity contribution in [2.24, 2.45) is 0 Å². The Bertz CT molecular complexity index is 501. The van der Waals surface area contributed by atoms with Gasteiger partial charge in [-0.15, -0.1) is 0 Å². The number of nitrogens with one attached hydrogen (secondary N) is 1. The Hall–Kier alpha value is -1.92. The van der Waals surface area contributed by atoms with Crippen LogP contribution in [0.3, 0.4) is 0 Å². The Balaban J connectivity index is 2.44. The summed E-state index contributed by atoms with van der Waals surface area (Å²) in [5.41, 5.74) is -0.170. The van der Waals surface area contributed by atoms with Crippen LogP contribution in [-0.4, -0.2) is 27.5 Å². The van der Waals surface area contributed by atoms with Gasteiger partial charge in [0.25, 0.3) is 5.88 Å². The van der Waals surface area contributed by atoms with Gasteiger partial charge in [-0.1, -0.05) is 6.92 Å². The van der Waals surface area contributed by atoms with Gasteiger partial charge < -0.3 is 10.1 Å². The van der Waals surface area contributed by atoms with Crippen molar-refractivity contribution in [1.82, 2.24) is 9.97 Å². The van der Waals surface area contributed by atoms with Crippen LogP contribution in [0.4, 0.5) is 11.5 Å². The maximum atomic E-state index is 11.3. The van der Waals surface area contributed by atoms with Crippen LogP contribution in [0.2, 0.25) is 0 Å². The van der Waals surface area contributed by atoms with Gasteiger partial charge in [-0.2, -0.15) is 4.98 Å². The smallest absolute Gasteiger partial charge is 0.372 e. The minimum atomic E-state index is -0.480. The van der Waals surface area contributed by atoms with Gasteiger partial charge in [-0.05, 0) is 33.1 Å². The number of ether oxygens (including phenoxy) is 1. The number of nitrogens with zero attached hydrogens (tertiary/aromatic N) is 3. The molecule has 1 N–H and O–H groups in total. The van der Waals surface area contributed by atoms with E-state index < -0.39 is 4.92 Å². The fourth-order valence-corrected chi connectivity index (χ4v) is 1.81. The SMILES string of the molecule is CCCOc1nc(C2CC2)nc(NC(C)C)c1[N+](=O)[O-]. The number of nitro groups is 1. The molecule has 0 aliphatic heterocycles. The number of hydrogen-bond acceptors (Lipinski definition) is 6. The van der Waals surface area contributed by atoms with Crippen molar-refractivity contribution in [2.45, 2.75) is 52.0 Å². The van der Waals surface area contributed by atoms with Gasteiger partial charge in [0.15, 0.2) is 0 Å². The van der Waals surface area contributed by atoms with Gasteiger partial charge >= 0.3 is 5.69 Å². The largest absolute Gasteiger partial charge is 0.473 e. The second-order valence-electron chi connectivity index (χ2n) is 5.26. The zero-order valence-corrected chi connectivity index (χ0v) is 12.0. The Morgan fingerprint density at radius 1 is 1.45 bits per heavy atom. The molecule has 0 unspecified atom stereocenters. The lowest BCUT2D eigenvalue weighted by atomic mass is 10.3. The molecule has 2 rings (SSSR count). The van der Waals surface area contributed by atoms with Gasteiger partial charge in [-0.25, -0.2) is 4.98 Å². The predicted molar refractivity (Wildman–Crippen MR) is 75.2 cm³/mol. The molecule has 0 radical (unpaired) electrons. The van der Waals surface area contributed by atoms with E-state index >= 15 is 0 Å². The van der Waals surface area contributed by atoms with Crippen molar-refractivity contribution in [2.75, 3.05) is 11.9 Å². The van der Waals surface area contributed by atoms with E-state index in [-0.39, 0.29) is 23.4 Å². The molecule has 0 amide bonds. The third-order valence-electron chi connectivity index (χ3n) is 2.86. The van der Waals surface area contributed by atoms with Gasteiger partial charge in [-0.3, -0.25) is 10.1 Å². The van der Waals surface area contributed by atoms with E-state index in [1.165, 1.54) is 0 Å². The minimum Gasteiger partial charge on any atom is -0.473 e. The van der Waals surface area contributed by atoms with E-state index in [0.29, 0.717) is 18.3 Å². The van der Waals surface area contributed by atoms with Crippen LogP contribution in [0.1, 0.15) is 51.8 Å². The lowest BCUT2D eigenvalue weighted by molar-refractivity contribution is -0.385. The van der Waals surface area contributed by atoms with Crippen LogP contribution in [-0.2, 0) is 0 Å². The third kappa shape index (κ3) is 3.34. The Labute approximate surface area is 117 Å². The molecule has 1 heterocycles. The number of rotatable bonds is 7. The van der Waals surface area contributed by atoms with Crippen LogP contribution < -0.4 is 10.1 Å². The average Bonchev–Trinajstić information content (AvgIpc) is 3.18. The molecule has 0 aromatic carbocycles. The lowest BCUT2D eigenvalue weighted by Gasteiger charge is -2.13. The summed E-state index contributed by atoms with van der Waals surface area (Å²) in [6, 6.07) is 0.0506. The average molecular weight is 280 g/mol. The monoisotopic (exact) mass is 280 g/mol. The van der Waals surface area contributed by atoms with Crippen molar-refractivity contribution < 1.29 is 9.66 Å². The Morgan fingerprint density at radius 3 is 2.65 bits per heavy atom. The molecule has 0 atom stereocenters. The highest BCUT2D eigenvalue weighted by atomic mass is 16.6. The molecule has 0 spiro atoms. The van der Waals surface area contributed by atoms with E-state index in [1.54, 1.807) is 0 Å². The molecule has 1 aromatic heterocycles. The van der Waals surface area contributed by atoms with Crippen LogP contribution in [0, 0.1) is 10.1 Å². The van der Waals surface area contributed by atoms with Gasteiger partial charge in [0, 0.05) is 12.0 Å². The number of aromatic nitrogens is 2. The van der Waals surface area contributed by atoms with Crippen LogP contribution in [0.5, 0.6) is 5.88 Å². The summed E-state index contributed by atoms with van der Waals surface area (Å²) in [5, 5.41) is 14.3. The van der Waals surface area contributed by atoms with Gasteiger partial charge in [0.1, 0.15) is 5.82 Å². The van der Waals surface area contributed by atoms with Crippen molar-refractivity contribution in [3.63, 3.8) is 0 Å². The van der Waals surface area contributed by atoms with E-state index in [9.17, 15) is 10.1 Å². The zero-order valence-electron chi connectivity index (χ0n) is 12.0. The Morgan fingerprint density at radius 2 is 2.15 bits per heavy atom. The van der Waals surface area contributed by atoms with E-state index in [0.717, 1.165) is 19.3 Å². The summed E-state index contributed by atoms with van der Waals surface area (Å²) < 4.78 is 5.46. The van der Waals surface area contributed by atoms with E-state index in [2.05, 4.69) is 15.3 Å². The minimum absolute atomic E-state index is 0.0506. The summed E-state index contributed by atoms with van der Waals surface area (Å²) >= 11 is 0. The first kappa shape index (κ1) is 14.5. The first-order valence-corrected chi connectivity index (χ1v) is 6.98. The maximum absolute atomic E-state index is 11.3.